The lowest BCUT2D eigenvalue weighted by molar-refractivity contribution is -0.0154. The zero-order valence-electron chi connectivity index (χ0n) is 9.85. The summed E-state index contributed by atoms with van der Waals surface area (Å²) in [6.45, 7) is 2.16. The van der Waals surface area contributed by atoms with E-state index in [1.165, 1.54) is 36.7 Å². The molecular weight excluding hydrogens is 226 g/mol. The molecule has 1 aromatic rings. The van der Waals surface area contributed by atoms with Crippen molar-refractivity contribution in [1.82, 2.24) is 0 Å². The molecule has 0 bridgehead atoms. The molecule has 0 radical (unpaired) electrons. The molecule has 0 saturated carbocycles. The normalized spacial score (nSPS) is 11.9. The number of hydrogen-bond donors (Lipinski definition) is 0. The maximum atomic E-state index is 13.6. The first-order chi connectivity index (χ1) is 7.67. The predicted octanol–water partition coefficient (Wildman–Crippen LogP) is 5.59. The third-order valence-electron chi connectivity index (χ3n) is 2.79. The highest BCUT2D eigenvalue weighted by molar-refractivity contribution is 7.08. The van der Waals surface area contributed by atoms with E-state index in [1.54, 1.807) is 10.8 Å². The Morgan fingerprint density at radius 3 is 2.44 bits per heavy atom. The van der Waals surface area contributed by atoms with Crippen molar-refractivity contribution in [3.63, 3.8) is 0 Å². The van der Waals surface area contributed by atoms with Crippen LogP contribution in [-0.4, -0.2) is 0 Å². The van der Waals surface area contributed by atoms with Crippen LogP contribution < -0.4 is 0 Å². The molecule has 1 heterocycles. The van der Waals surface area contributed by atoms with Crippen LogP contribution >= 0.6 is 11.3 Å². The minimum Gasteiger partial charge on any atom is -0.201 e. The fourth-order valence-electron chi connectivity index (χ4n) is 1.74. The summed E-state index contributed by atoms with van der Waals surface area (Å²) >= 11 is 1.34. The first kappa shape index (κ1) is 13.6. The lowest BCUT2D eigenvalue weighted by Crippen LogP contribution is -2.11. The molecule has 0 unspecified atom stereocenters. The van der Waals surface area contributed by atoms with Crippen LogP contribution in [0, 0.1) is 0 Å². The van der Waals surface area contributed by atoms with Crippen LogP contribution in [0.4, 0.5) is 8.78 Å². The van der Waals surface area contributed by atoms with Crippen molar-refractivity contribution in [3.8, 4) is 0 Å². The van der Waals surface area contributed by atoms with Crippen LogP contribution in [0.15, 0.2) is 16.8 Å². The second kappa shape index (κ2) is 7.00. The number of unbranched alkanes of at least 4 members (excludes halogenated alkanes) is 5. The standard InChI is InChI=1S/C13H20F2S/c1-2-3-4-5-6-7-9-13(14,15)12-8-10-16-11-12/h8,10-11H,2-7,9H2,1H3. The van der Waals surface area contributed by atoms with Crippen molar-refractivity contribution >= 4 is 11.3 Å². The Morgan fingerprint density at radius 1 is 1.12 bits per heavy atom. The van der Waals surface area contributed by atoms with Crippen molar-refractivity contribution in [2.45, 2.75) is 57.8 Å². The molecule has 92 valence electrons. The summed E-state index contributed by atoms with van der Waals surface area (Å²) in [7, 11) is 0. The highest BCUT2D eigenvalue weighted by Crippen LogP contribution is 2.34. The predicted molar refractivity (Wildman–Crippen MR) is 66.2 cm³/mol. The number of rotatable bonds is 8. The van der Waals surface area contributed by atoms with Crippen LogP contribution in [0.1, 0.15) is 57.4 Å². The van der Waals surface area contributed by atoms with Gasteiger partial charge in [0.15, 0.2) is 0 Å². The molecule has 1 rings (SSSR count). The van der Waals surface area contributed by atoms with Gasteiger partial charge in [-0.25, -0.2) is 8.78 Å². The second-order valence-electron chi connectivity index (χ2n) is 4.23. The van der Waals surface area contributed by atoms with Crippen molar-refractivity contribution in [2.75, 3.05) is 0 Å². The van der Waals surface area contributed by atoms with E-state index in [2.05, 4.69) is 6.92 Å². The molecule has 16 heavy (non-hydrogen) atoms. The Hall–Kier alpha value is -0.440. The molecule has 0 nitrogen and oxygen atoms in total. The van der Waals surface area contributed by atoms with E-state index in [1.807, 2.05) is 0 Å². The minimum atomic E-state index is -2.62. The number of thiophene rings is 1. The second-order valence-corrected chi connectivity index (χ2v) is 5.01. The maximum Gasteiger partial charge on any atom is 0.274 e. The Kier molecular flexibility index (Phi) is 5.96. The van der Waals surface area contributed by atoms with Crippen molar-refractivity contribution in [1.29, 1.82) is 0 Å². The van der Waals surface area contributed by atoms with Gasteiger partial charge in [-0.3, -0.25) is 0 Å². The zero-order chi connectivity index (χ0) is 11.9. The molecule has 3 heteroatoms. The van der Waals surface area contributed by atoms with Gasteiger partial charge < -0.3 is 0 Å². The average molecular weight is 246 g/mol. The number of halogens is 2. The van der Waals surface area contributed by atoms with Gasteiger partial charge >= 0.3 is 0 Å². The minimum absolute atomic E-state index is 0.00411. The highest BCUT2D eigenvalue weighted by atomic mass is 32.1. The molecule has 0 aliphatic rings. The molecule has 0 aliphatic heterocycles. The Labute approximate surface area is 101 Å². The summed E-state index contributed by atoms with van der Waals surface area (Å²) in [6, 6.07) is 1.53. The lowest BCUT2D eigenvalue weighted by Gasteiger charge is -2.14. The van der Waals surface area contributed by atoms with E-state index in [0.717, 1.165) is 12.8 Å². The zero-order valence-corrected chi connectivity index (χ0v) is 10.7. The molecule has 0 spiro atoms. The SMILES string of the molecule is CCCCCCCCC(F)(F)c1ccsc1. The van der Waals surface area contributed by atoms with Crippen molar-refractivity contribution < 1.29 is 8.78 Å². The van der Waals surface area contributed by atoms with E-state index in [9.17, 15) is 8.78 Å². The summed E-state index contributed by atoms with van der Waals surface area (Å²) in [5.74, 6) is -2.62. The van der Waals surface area contributed by atoms with Gasteiger partial charge in [-0.05, 0) is 23.2 Å². The van der Waals surface area contributed by atoms with Crippen LogP contribution in [-0.2, 0) is 5.92 Å². The monoisotopic (exact) mass is 246 g/mol. The van der Waals surface area contributed by atoms with Gasteiger partial charge in [0.1, 0.15) is 0 Å². The fourth-order valence-corrected chi connectivity index (χ4v) is 2.45. The third-order valence-corrected chi connectivity index (χ3v) is 3.47. The van der Waals surface area contributed by atoms with E-state index in [0.29, 0.717) is 6.42 Å². The van der Waals surface area contributed by atoms with Gasteiger partial charge in [-0.1, -0.05) is 39.0 Å². The fraction of sp³-hybridized carbons (Fsp3) is 0.692. The van der Waals surface area contributed by atoms with Crippen LogP contribution in [0.2, 0.25) is 0 Å². The number of hydrogen-bond acceptors (Lipinski definition) is 1. The van der Waals surface area contributed by atoms with Crippen molar-refractivity contribution in [3.05, 3.63) is 22.4 Å². The topological polar surface area (TPSA) is 0 Å². The van der Waals surface area contributed by atoms with Gasteiger partial charge in [-0.15, -0.1) is 0 Å². The van der Waals surface area contributed by atoms with Crippen LogP contribution in [0.5, 0.6) is 0 Å². The van der Waals surface area contributed by atoms with Gasteiger partial charge in [0.05, 0.1) is 0 Å². The van der Waals surface area contributed by atoms with Gasteiger partial charge in [0.25, 0.3) is 5.92 Å². The summed E-state index contributed by atoms with van der Waals surface area (Å²) in [5.41, 5.74) is 0.186. The summed E-state index contributed by atoms with van der Waals surface area (Å²) in [6.07, 6.45) is 6.25. The molecule has 0 aliphatic carbocycles. The Balaban J connectivity index is 2.17. The van der Waals surface area contributed by atoms with Gasteiger partial charge in [0, 0.05) is 12.0 Å². The molecule has 1 aromatic heterocycles. The van der Waals surface area contributed by atoms with E-state index < -0.39 is 5.92 Å². The molecule has 0 N–H and O–H groups in total. The van der Waals surface area contributed by atoms with E-state index in [4.69, 9.17) is 0 Å². The summed E-state index contributed by atoms with van der Waals surface area (Å²) in [5, 5.41) is 3.27. The highest BCUT2D eigenvalue weighted by Gasteiger charge is 2.30. The largest absolute Gasteiger partial charge is 0.274 e. The summed E-state index contributed by atoms with van der Waals surface area (Å²) in [4.78, 5) is 0. The van der Waals surface area contributed by atoms with E-state index >= 15 is 0 Å². The quantitative estimate of drug-likeness (QED) is 0.524. The number of alkyl halides is 2. The first-order valence-corrected chi connectivity index (χ1v) is 7.01. The summed E-state index contributed by atoms with van der Waals surface area (Å²) < 4.78 is 27.1. The smallest absolute Gasteiger partial charge is 0.201 e. The molecule has 0 fully saturated rings. The maximum absolute atomic E-state index is 13.6. The first-order valence-electron chi connectivity index (χ1n) is 6.07. The Morgan fingerprint density at radius 2 is 1.81 bits per heavy atom. The van der Waals surface area contributed by atoms with Crippen LogP contribution in [0.25, 0.3) is 0 Å². The molecule has 0 amide bonds. The molecule has 0 atom stereocenters. The lowest BCUT2D eigenvalue weighted by atomic mass is 10.0. The molecule has 0 saturated heterocycles. The Bertz CT molecular complexity index is 267. The van der Waals surface area contributed by atoms with Crippen molar-refractivity contribution in [2.24, 2.45) is 0 Å². The van der Waals surface area contributed by atoms with Gasteiger partial charge in [-0.2, -0.15) is 11.3 Å². The molecular formula is C13H20F2S. The van der Waals surface area contributed by atoms with Gasteiger partial charge in [0.2, 0.25) is 0 Å². The average Bonchev–Trinajstić information content (AvgIpc) is 2.77. The third kappa shape index (κ3) is 4.60. The molecule has 0 aromatic carbocycles. The van der Waals surface area contributed by atoms with E-state index in [-0.39, 0.29) is 12.0 Å². The van der Waals surface area contributed by atoms with Crippen LogP contribution in [0.3, 0.4) is 0 Å².